The molecule has 0 radical (unpaired) electrons. The van der Waals surface area contributed by atoms with Crippen LogP contribution in [-0.4, -0.2) is 53.4 Å². The van der Waals surface area contributed by atoms with E-state index >= 15 is 0 Å². The van der Waals surface area contributed by atoms with Crippen LogP contribution in [0.15, 0.2) is 66.9 Å². The average Bonchev–Trinajstić information content (AvgIpc) is 2.99. The van der Waals surface area contributed by atoms with Gasteiger partial charge < -0.3 is 25.4 Å². The van der Waals surface area contributed by atoms with Gasteiger partial charge in [0, 0.05) is 49.4 Å². The number of pyridine rings is 1. The van der Waals surface area contributed by atoms with Crippen molar-refractivity contribution in [2.24, 2.45) is 5.92 Å². The topological polar surface area (TPSA) is 86.7 Å². The highest BCUT2D eigenvalue weighted by Gasteiger charge is 2.34. The van der Waals surface area contributed by atoms with Gasteiger partial charge in [0.25, 0.3) is 5.91 Å². The summed E-state index contributed by atoms with van der Waals surface area (Å²) in [6, 6.07) is 19.6. The third kappa shape index (κ3) is 7.50. The number of hydrogen-bond acceptors (Lipinski definition) is 6. The van der Waals surface area contributed by atoms with Crippen molar-refractivity contribution in [1.82, 2.24) is 15.6 Å². The number of carbonyl (C=O) groups excluding carboxylic acids is 1. The van der Waals surface area contributed by atoms with Crippen molar-refractivity contribution in [2.45, 2.75) is 83.6 Å². The molecule has 1 amide bonds. The average molecular weight is 571 g/mol. The van der Waals surface area contributed by atoms with Gasteiger partial charge in [-0.3, -0.25) is 4.79 Å². The molecule has 3 N–H and O–H groups in total. The highest BCUT2D eigenvalue weighted by atomic mass is 16.5. The predicted molar refractivity (Wildman–Crippen MR) is 168 cm³/mol. The summed E-state index contributed by atoms with van der Waals surface area (Å²) >= 11 is 0. The van der Waals surface area contributed by atoms with Crippen LogP contribution >= 0.6 is 0 Å². The zero-order valence-electron chi connectivity index (χ0n) is 25.5. The van der Waals surface area contributed by atoms with Crippen LogP contribution in [0, 0.1) is 5.92 Å². The van der Waals surface area contributed by atoms with E-state index in [4.69, 9.17) is 4.74 Å². The second-order valence-corrected chi connectivity index (χ2v) is 12.7. The van der Waals surface area contributed by atoms with Gasteiger partial charge >= 0.3 is 0 Å². The summed E-state index contributed by atoms with van der Waals surface area (Å²) in [6.07, 6.45) is 5.51. The Morgan fingerprint density at radius 3 is 2.71 bits per heavy atom. The van der Waals surface area contributed by atoms with Crippen LogP contribution in [0.2, 0.25) is 0 Å². The molecule has 7 nitrogen and oxygen atoms in total. The summed E-state index contributed by atoms with van der Waals surface area (Å²) in [7, 11) is 0. The lowest BCUT2D eigenvalue weighted by Crippen LogP contribution is -2.50. The summed E-state index contributed by atoms with van der Waals surface area (Å²) in [5, 5.41) is 18.3. The summed E-state index contributed by atoms with van der Waals surface area (Å²) in [4.78, 5) is 20.4. The Morgan fingerprint density at radius 2 is 1.95 bits per heavy atom. The monoisotopic (exact) mass is 570 g/mol. The maximum Gasteiger partial charge on any atom is 0.251 e. The molecule has 0 saturated carbocycles. The van der Waals surface area contributed by atoms with Crippen LogP contribution in [0.1, 0.15) is 80.0 Å². The summed E-state index contributed by atoms with van der Waals surface area (Å²) in [5.41, 5.74) is 3.68. The zero-order valence-corrected chi connectivity index (χ0v) is 25.5. The number of carbonyl (C=O) groups is 1. The molecular weight excluding hydrogens is 524 g/mol. The lowest BCUT2D eigenvalue weighted by molar-refractivity contribution is 0.0582. The van der Waals surface area contributed by atoms with E-state index in [9.17, 15) is 9.90 Å². The Kier molecular flexibility index (Phi) is 9.49. The molecule has 2 aliphatic heterocycles. The number of aromatic nitrogens is 1. The van der Waals surface area contributed by atoms with E-state index in [1.165, 1.54) is 12.0 Å². The molecule has 7 heteroatoms. The van der Waals surface area contributed by atoms with Gasteiger partial charge in [-0.25, -0.2) is 4.98 Å². The van der Waals surface area contributed by atoms with Crippen LogP contribution < -0.4 is 20.3 Å². The van der Waals surface area contributed by atoms with Gasteiger partial charge in [0.2, 0.25) is 0 Å². The molecule has 0 bridgehead atoms. The van der Waals surface area contributed by atoms with Gasteiger partial charge in [-0.15, -0.1) is 0 Å². The number of piperidine rings is 1. The number of nitrogens with zero attached hydrogens (tertiary/aromatic N) is 2. The smallest absolute Gasteiger partial charge is 0.251 e. The van der Waals surface area contributed by atoms with Gasteiger partial charge in [-0.2, -0.15) is 0 Å². The maximum atomic E-state index is 13.6. The normalized spacial score (nSPS) is 21.1. The van der Waals surface area contributed by atoms with Crippen LogP contribution in [0.5, 0.6) is 5.75 Å². The van der Waals surface area contributed by atoms with Crippen molar-refractivity contribution in [3.05, 3.63) is 89.1 Å². The highest BCUT2D eigenvalue weighted by molar-refractivity contribution is 5.95. The predicted octanol–water partition coefficient (Wildman–Crippen LogP) is 5.47. The summed E-state index contributed by atoms with van der Waals surface area (Å²) in [6.45, 7) is 10.8. The molecule has 1 aromatic heterocycles. The van der Waals surface area contributed by atoms with Crippen molar-refractivity contribution in [2.75, 3.05) is 24.5 Å². The van der Waals surface area contributed by atoms with Gasteiger partial charge in [0.05, 0.1) is 12.1 Å². The minimum absolute atomic E-state index is 0.0349. The Bertz CT molecular complexity index is 1350. The largest absolute Gasteiger partial charge is 0.487 e. The van der Waals surface area contributed by atoms with E-state index < -0.39 is 12.1 Å². The lowest BCUT2D eigenvalue weighted by atomic mass is 9.88. The van der Waals surface area contributed by atoms with Crippen molar-refractivity contribution in [1.29, 1.82) is 0 Å². The standard InChI is InChI=1S/C35H46N4O3/c1-5-25-13-14-32-28(18-25)30(21-35(3,4)42-32)37-22-31(40)29(19-26-11-7-6-8-12-26)38-34(41)27-15-16-36-33(20-27)39-17-9-10-24(2)23-39/h6-8,11-16,18,20,24,29-31,37,40H,5,9-10,17,19,21-23H2,1-4H3,(H,38,41)/t24-,29-,30-,31+/m0/s1. The molecule has 42 heavy (non-hydrogen) atoms. The first-order valence-electron chi connectivity index (χ1n) is 15.5. The van der Waals surface area contributed by atoms with Gasteiger partial charge in [-0.05, 0) is 74.8 Å². The van der Waals surface area contributed by atoms with Crippen LogP contribution in [0.3, 0.4) is 0 Å². The molecule has 0 spiro atoms. The molecule has 3 heterocycles. The molecule has 2 aliphatic rings. The molecule has 0 aliphatic carbocycles. The first-order chi connectivity index (χ1) is 20.2. The van der Waals surface area contributed by atoms with E-state index in [0.717, 1.165) is 55.0 Å². The number of benzene rings is 2. The fraction of sp³-hybridized carbons (Fsp3) is 0.486. The quantitative estimate of drug-likeness (QED) is 0.300. The molecule has 3 aromatic rings. The molecular formula is C35H46N4O3. The van der Waals surface area contributed by atoms with Crippen LogP contribution in [0.4, 0.5) is 5.82 Å². The van der Waals surface area contributed by atoms with Gasteiger partial charge in [0.15, 0.2) is 0 Å². The molecule has 224 valence electrons. The highest BCUT2D eigenvalue weighted by Crippen LogP contribution is 2.40. The molecule has 4 atom stereocenters. The third-order valence-electron chi connectivity index (χ3n) is 8.58. The zero-order chi connectivity index (χ0) is 29.7. The molecule has 1 fully saturated rings. The van der Waals surface area contributed by atoms with E-state index in [1.807, 2.05) is 36.4 Å². The van der Waals surface area contributed by atoms with E-state index in [1.54, 1.807) is 12.3 Å². The number of aliphatic hydroxyl groups is 1. The Hall–Kier alpha value is -3.42. The van der Waals surface area contributed by atoms with Crippen molar-refractivity contribution < 1.29 is 14.6 Å². The van der Waals surface area contributed by atoms with E-state index in [2.05, 4.69) is 66.4 Å². The van der Waals surface area contributed by atoms with Crippen LogP contribution in [-0.2, 0) is 12.8 Å². The molecule has 1 saturated heterocycles. The molecule has 0 unspecified atom stereocenters. The Labute approximate surface area is 250 Å². The number of aryl methyl sites for hydroxylation is 1. The maximum absolute atomic E-state index is 13.6. The van der Waals surface area contributed by atoms with E-state index in [0.29, 0.717) is 24.4 Å². The first-order valence-corrected chi connectivity index (χ1v) is 15.5. The van der Waals surface area contributed by atoms with Gasteiger partial charge in [-0.1, -0.05) is 56.3 Å². The minimum atomic E-state index is -0.804. The van der Waals surface area contributed by atoms with E-state index in [-0.39, 0.29) is 17.6 Å². The lowest BCUT2D eigenvalue weighted by Gasteiger charge is -2.39. The third-order valence-corrected chi connectivity index (χ3v) is 8.58. The van der Waals surface area contributed by atoms with Crippen LogP contribution in [0.25, 0.3) is 0 Å². The molecule has 5 rings (SSSR count). The van der Waals surface area contributed by atoms with Gasteiger partial charge in [0.1, 0.15) is 17.2 Å². The Morgan fingerprint density at radius 1 is 1.14 bits per heavy atom. The second-order valence-electron chi connectivity index (χ2n) is 12.7. The number of ether oxygens (including phenoxy) is 1. The first kappa shape index (κ1) is 30.1. The Balaban J connectivity index is 1.31. The summed E-state index contributed by atoms with van der Waals surface area (Å²) in [5.74, 6) is 2.14. The number of fused-ring (bicyclic) bond motifs is 1. The number of anilines is 1. The SMILES string of the molecule is CCc1ccc2c(c1)[C@@H](NC[C@@H](O)[C@H](Cc1ccccc1)NC(=O)c1ccnc(N3CCC[C@H](C)C3)c1)CC(C)(C)O2. The van der Waals surface area contributed by atoms with Crippen molar-refractivity contribution in [3.8, 4) is 5.75 Å². The molecule has 2 aromatic carbocycles. The fourth-order valence-corrected chi connectivity index (χ4v) is 6.24. The summed E-state index contributed by atoms with van der Waals surface area (Å²) < 4.78 is 6.28. The number of hydrogen-bond donors (Lipinski definition) is 3. The van der Waals surface area contributed by atoms with Crippen molar-refractivity contribution in [3.63, 3.8) is 0 Å². The van der Waals surface area contributed by atoms with Crippen molar-refractivity contribution >= 4 is 11.7 Å². The second kappa shape index (κ2) is 13.3. The fourth-order valence-electron chi connectivity index (χ4n) is 6.24. The number of rotatable bonds is 10. The minimum Gasteiger partial charge on any atom is -0.487 e. The number of aliphatic hydroxyl groups excluding tert-OH is 1. The number of amides is 1. The number of nitrogens with one attached hydrogen (secondary N) is 2.